The zero-order valence-electron chi connectivity index (χ0n) is 9.77. The SMILES string of the molecule is CCC1=C/C=N/C=C\C(C)C(C)/C(N)=C\1. The van der Waals surface area contributed by atoms with Crippen LogP contribution in [0.15, 0.2) is 40.7 Å². The summed E-state index contributed by atoms with van der Waals surface area (Å²) in [4.78, 5) is 4.19. The van der Waals surface area contributed by atoms with Crippen LogP contribution in [0.2, 0.25) is 0 Å². The Bertz CT molecular complexity index is 321. The third kappa shape index (κ3) is 3.39. The number of hydrogen-bond donors (Lipinski definition) is 1. The van der Waals surface area contributed by atoms with Crippen molar-refractivity contribution in [3.05, 3.63) is 35.7 Å². The van der Waals surface area contributed by atoms with Crippen LogP contribution in [0.3, 0.4) is 0 Å². The molecule has 1 aliphatic rings. The van der Waals surface area contributed by atoms with Crippen LogP contribution < -0.4 is 5.73 Å². The summed E-state index contributed by atoms with van der Waals surface area (Å²) in [5.74, 6) is 0.791. The number of nitrogens with zero attached hydrogens (tertiary/aromatic N) is 1. The lowest BCUT2D eigenvalue weighted by Gasteiger charge is -2.17. The Morgan fingerprint density at radius 3 is 2.80 bits per heavy atom. The van der Waals surface area contributed by atoms with Crippen LogP contribution in [-0.2, 0) is 0 Å². The molecule has 0 aliphatic carbocycles. The summed E-state index contributed by atoms with van der Waals surface area (Å²) in [5.41, 5.74) is 8.25. The van der Waals surface area contributed by atoms with Crippen molar-refractivity contribution in [1.29, 1.82) is 0 Å². The van der Waals surface area contributed by atoms with Crippen LogP contribution in [-0.4, -0.2) is 6.21 Å². The molecule has 2 nitrogen and oxygen atoms in total. The Kier molecular flexibility index (Phi) is 4.35. The van der Waals surface area contributed by atoms with Gasteiger partial charge in [-0.15, -0.1) is 0 Å². The van der Waals surface area contributed by atoms with Gasteiger partial charge in [-0.25, -0.2) is 0 Å². The molecule has 0 bridgehead atoms. The zero-order chi connectivity index (χ0) is 11.3. The Hall–Kier alpha value is -1.31. The lowest BCUT2D eigenvalue weighted by atomic mass is 9.91. The normalized spacial score (nSPS) is 38.3. The first-order valence-corrected chi connectivity index (χ1v) is 5.51. The van der Waals surface area contributed by atoms with Gasteiger partial charge in [-0.05, 0) is 30.1 Å². The third-order valence-corrected chi connectivity index (χ3v) is 2.93. The summed E-state index contributed by atoms with van der Waals surface area (Å²) in [6, 6.07) is 0. The molecule has 0 aromatic rings. The maximum atomic E-state index is 6.07. The average molecular weight is 204 g/mol. The molecule has 0 aromatic carbocycles. The average Bonchev–Trinajstić information content (AvgIpc) is 2.24. The van der Waals surface area contributed by atoms with Gasteiger partial charge in [0.1, 0.15) is 0 Å². The van der Waals surface area contributed by atoms with Gasteiger partial charge in [-0.1, -0.05) is 26.8 Å². The van der Waals surface area contributed by atoms with E-state index in [-0.39, 0.29) is 0 Å². The van der Waals surface area contributed by atoms with Crippen LogP contribution >= 0.6 is 0 Å². The first-order chi connectivity index (χ1) is 7.15. The first kappa shape index (κ1) is 11.8. The molecular formula is C13H20N2. The maximum absolute atomic E-state index is 6.07. The van der Waals surface area contributed by atoms with Crippen molar-refractivity contribution in [2.75, 3.05) is 0 Å². The van der Waals surface area contributed by atoms with Gasteiger partial charge < -0.3 is 5.73 Å². The number of hydrogen-bond acceptors (Lipinski definition) is 2. The van der Waals surface area contributed by atoms with Crippen molar-refractivity contribution in [1.82, 2.24) is 0 Å². The van der Waals surface area contributed by atoms with Crippen LogP contribution in [0.1, 0.15) is 27.2 Å². The van der Waals surface area contributed by atoms with Crippen molar-refractivity contribution in [3.63, 3.8) is 0 Å². The van der Waals surface area contributed by atoms with Crippen molar-refractivity contribution < 1.29 is 0 Å². The molecule has 2 unspecified atom stereocenters. The highest BCUT2D eigenvalue weighted by Crippen LogP contribution is 2.20. The second-order valence-electron chi connectivity index (χ2n) is 4.03. The van der Waals surface area contributed by atoms with Gasteiger partial charge in [0.25, 0.3) is 0 Å². The van der Waals surface area contributed by atoms with Crippen molar-refractivity contribution in [2.45, 2.75) is 27.2 Å². The van der Waals surface area contributed by atoms with E-state index in [1.165, 1.54) is 5.57 Å². The summed E-state index contributed by atoms with van der Waals surface area (Å²) in [6.07, 6.45) is 10.8. The first-order valence-electron chi connectivity index (χ1n) is 5.51. The van der Waals surface area contributed by atoms with Gasteiger partial charge >= 0.3 is 0 Å². The van der Waals surface area contributed by atoms with Crippen LogP contribution in [0.5, 0.6) is 0 Å². The summed E-state index contributed by atoms with van der Waals surface area (Å²) < 4.78 is 0. The fraction of sp³-hybridized carbons (Fsp3) is 0.462. The third-order valence-electron chi connectivity index (χ3n) is 2.93. The fourth-order valence-corrected chi connectivity index (χ4v) is 1.46. The lowest BCUT2D eigenvalue weighted by molar-refractivity contribution is 0.523. The van der Waals surface area contributed by atoms with Gasteiger partial charge in [-0.2, -0.15) is 0 Å². The van der Waals surface area contributed by atoms with Crippen LogP contribution in [0, 0.1) is 11.8 Å². The minimum atomic E-state index is 0.365. The molecule has 2 heteroatoms. The summed E-state index contributed by atoms with van der Waals surface area (Å²) in [5, 5.41) is 0. The molecule has 0 amide bonds. The molecule has 15 heavy (non-hydrogen) atoms. The molecule has 1 rings (SSSR count). The number of rotatable bonds is 1. The standard InChI is InChI=1S/C13H20N2/c1-4-12-6-8-15-7-5-10(2)11(3)13(14)9-12/h5-11H,4,14H2,1-3H3/b7-5-,12-6-,13-9+,15-8+. The highest BCUT2D eigenvalue weighted by atomic mass is 14.7. The zero-order valence-corrected chi connectivity index (χ0v) is 9.77. The predicted molar refractivity (Wildman–Crippen MR) is 66.6 cm³/mol. The van der Waals surface area contributed by atoms with Crippen molar-refractivity contribution in [2.24, 2.45) is 22.6 Å². The minimum absolute atomic E-state index is 0.365. The summed E-state index contributed by atoms with van der Waals surface area (Å²) >= 11 is 0. The highest BCUT2D eigenvalue weighted by Gasteiger charge is 2.12. The van der Waals surface area contributed by atoms with Gasteiger partial charge in [0.2, 0.25) is 0 Å². The molecule has 0 spiro atoms. The highest BCUT2D eigenvalue weighted by molar-refractivity contribution is 5.73. The van der Waals surface area contributed by atoms with Gasteiger partial charge in [0.05, 0.1) is 0 Å². The number of nitrogens with two attached hydrogens (primary N) is 1. The second kappa shape index (κ2) is 5.54. The molecule has 0 aromatic heterocycles. The fourth-order valence-electron chi connectivity index (χ4n) is 1.46. The predicted octanol–water partition coefficient (Wildman–Crippen LogP) is 3.04. The Labute approximate surface area is 92.3 Å². The smallest absolute Gasteiger partial charge is 0.0270 e. The molecule has 0 fully saturated rings. The quantitative estimate of drug-likeness (QED) is 0.700. The van der Waals surface area contributed by atoms with E-state index in [1.54, 1.807) is 0 Å². The Morgan fingerprint density at radius 2 is 2.13 bits per heavy atom. The van der Waals surface area contributed by atoms with E-state index >= 15 is 0 Å². The van der Waals surface area contributed by atoms with E-state index in [0.717, 1.165) is 12.1 Å². The Morgan fingerprint density at radius 1 is 1.40 bits per heavy atom. The number of allylic oxidation sites excluding steroid dienone is 5. The summed E-state index contributed by atoms with van der Waals surface area (Å²) in [7, 11) is 0. The molecule has 0 saturated heterocycles. The Balaban J connectivity index is 3.02. The van der Waals surface area contributed by atoms with E-state index in [4.69, 9.17) is 5.73 Å². The minimum Gasteiger partial charge on any atom is -0.402 e. The molecule has 0 saturated carbocycles. The van der Waals surface area contributed by atoms with Crippen molar-refractivity contribution >= 4 is 6.21 Å². The van der Waals surface area contributed by atoms with Crippen LogP contribution in [0.25, 0.3) is 0 Å². The molecule has 2 atom stereocenters. The maximum Gasteiger partial charge on any atom is 0.0270 e. The van der Waals surface area contributed by atoms with Gasteiger partial charge in [0, 0.05) is 24.0 Å². The van der Waals surface area contributed by atoms with E-state index < -0.39 is 0 Å². The van der Waals surface area contributed by atoms with Crippen molar-refractivity contribution in [3.8, 4) is 0 Å². The molecular weight excluding hydrogens is 184 g/mol. The molecule has 1 heterocycles. The van der Waals surface area contributed by atoms with E-state index in [1.807, 2.05) is 18.5 Å². The summed E-state index contributed by atoms with van der Waals surface area (Å²) in [6.45, 7) is 6.44. The molecule has 2 N–H and O–H groups in total. The topological polar surface area (TPSA) is 38.4 Å². The molecule has 82 valence electrons. The van der Waals surface area contributed by atoms with Gasteiger partial charge in [0.15, 0.2) is 0 Å². The lowest BCUT2D eigenvalue weighted by Crippen LogP contribution is -2.15. The second-order valence-corrected chi connectivity index (χ2v) is 4.03. The number of aliphatic imine (C=N–C) groups is 1. The largest absolute Gasteiger partial charge is 0.402 e. The van der Waals surface area contributed by atoms with Crippen LogP contribution in [0.4, 0.5) is 0 Å². The monoisotopic (exact) mass is 204 g/mol. The molecule has 0 radical (unpaired) electrons. The van der Waals surface area contributed by atoms with E-state index in [2.05, 4.69) is 37.9 Å². The molecule has 1 aliphatic heterocycles. The van der Waals surface area contributed by atoms with Gasteiger partial charge in [-0.3, -0.25) is 4.99 Å². The van der Waals surface area contributed by atoms with E-state index in [0.29, 0.717) is 11.8 Å². The van der Waals surface area contributed by atoms with E-state index in [9.17, 15) is 0 Å².